The molecule has 0 aliphatic heterocycles. The number of benzene rings is 1. The SMILES string of the molecule is Cn1ncc([C@@H]2CC2C(=O)N[C@H](C(=O)O)C2CCCCC2)c1C(=O)NCc1ccccc1. The van der Waals surface area contributed by atoms with E-state index in [2.05, 4.69) is 15.7 Å². The summed E-state index contributed by atoms with van der Waals surface area (Å²) in [7, 11) is 1.71. The van der Waals surface area contributed by atoms with Crippen LogP contribution in [0.2, 0.25) is 0 Å². The number of amides is 2. The topological polar surface area (TPSA) is 113 Å². The number of nitrogens with one attached hydrogen (secondary N) is 2. The van der Waals surface area contributed by atoms with Crippen LogP contribution < -0.4 is 10.6 Å². The molecule has 8 nitrogen and oxygen atoms in total. The van der Waals surface area contributed by atoms with E-state index < -0.39 is 12.0 Å². The van der Waals surface area contributed by atoms with E-state index in [0.717, 1.165) is 43.2 Å². The van der Waals surface area contributed by atoms with E-state index >= 15 is 0 Å². The number of hydrogen-bond acceptors (Lipinski definition) is 4. The smallest absolute Gasteiger partial charge is 0.326 e. The average Bonchev–Trinajstić information content (AvgIpc) is 3.51. The van der Waals surface area contributed by atoms with Gasteiger partial charge in [0.1, 0.15) is 11.7 Å². The predicted molar refractivity (Wildman–Crippen MR) is 118 cm³/mol. The number of aromatic nitrogens is 2. The van der Waals surface area contributed by atoms with Gasteiger partial charge in [-0.05, 0) is 30.7 Å². The van der Waals surface area contributed by atoms with Crippen LogP contribution in [0.4, 0.5) is 0 Å². The zero-order valence-electron chi connectivity index (χ0n) is 18.3. The van der Waals surface area contributed by atoms with Crippen LogP contribution >= 0.6 is 0 Å². The van der Waals surface area contributed by atoms with Gasteiger partial charge in [-0.3, -0.25) is 14.3 Å². The Bertz CT molecular complexity index is 981. The van der Waals surface area contributed by atoms with E-state index in [1.54, 1.807) is 13.2 Å². The third-order valence-electron chi connectivity index (χ3n) is 6.69. The average molecular weight is 439 g/mol. The van der Waals surface area contributed by atoms with E-state index in [9.17, 15) is 19.5 Å². The Balaban J connectivity index is 1.39. The Morgan fingerprint density at radius 1 is 1.16 bits per heavy atom. The Morgan fingerprint density at radius 3 is 2.56 bits per heavy atom. The van der Waals surface area contributed by atoms with Crippen LogP contribution in [0, 0.1) is 11.8 Å². The molecule has 1 aromatic carbocycles. The van der Waals surface area contributed by atoms with Crippen LogP contribution in [0.1, 0.15) is 66.1 Å². The van der Waals surface area contributed by atoms with Crippen LogP contribution in [-0.2, 0) is 23.2 Å². The highest BCUT2D eigenvalue weighted by molar-refractivity contribution is 5.95. The number of rotatable bonds is 8. The van der Waals surface area contributed by atoms with E-state index in [-0.39, 0.29) is 29.6 Å². The number of carboxylic acids is 1. The highest BCUT2D eigenvalue weighted by atomic mass is 16.4. The third kappa shape index (κ3) is 4.84. The molecular formula is C24H30N4O4. The second-order valence-corrected chi connectivity index (χ2v) is 8.91. The first-order chi connectivity index (χ1) is 15.5. The van der Waals surface area contributed by atoms with Crippen LogP contribution in [-0.4, -0.2) is 38.7 Å². The number of hydrogen-bond donors (Lipinski definition) is 3. The summed E-state index contributed by atoms with van der Waals surface area (Å²) in [4.78, 5) is 37.5. The maximum atomic E-state index is 12.9. The number of carbonyl (C=O) groups excluding carboxylic acids is 2. The molecule has 2 aliphatic rings. The van der Waals surface area contributed by atoms with Crippen LogP contribution in [0.15, 0.2) is 36.5 Å². The van der Waals surface area contributed by atoms with Gasteiger partial charge in [0, 0.05) is 31.0 Å². The molecule has 1 aromatic heterocycles. The molecule has 1 unspecified atom stereocenters. The lowest BCUT2D eigenvalue weighted by atomic mass is 9.84. The number of carbonyl (C=O) groups is 3. The molecule has 2 aliphatic carbocycles. The first kappa shape index (κ1) is 22.0. The first-order valence-corrected chi connectivity index (χ1v) is 11.3. The Labute approximate surface area is 187 Å². The molecule has 3 atom stereocenters. The van der Waals surface area contributed by atoms with Gasteiger partial charge in [-0.25, -0.2) is 4.79 Å². The largest absolute Gasteiger partial charge is 0.480 e. The highest BCUT2D eigenvalue weighted by Crippen LogP contribution is 2.48. The summed E-state index contributed by atoms with van der Waals surface area (Å²) in [5.41, 5.74) is 2.18. The van der Waals surface area contributed by atoms with Gasteiger partial charge in [-0.2, -0.15) is 5.10 Å². The molecule has 1 heterocycles. The van der Waals surface area contributed by atoms with Gasteiger partial charge < -0.3 is 15.7 Å². The molecule has 2 fully saturated rings. The molecule has 170 valence electrons. The summed E-state index contributed by atoms with van der Waals surface area (Å²) in [6, 6.07) is 8.80. The molecule has 32 heavy (non-hydrogen) atoms. The van der Waals surface area contributed by atoms with Crippen molar-refractivity contribution in [3.63, 3.8) is 0 Å². The third-order valence-corrected chi connectivity index (χ3v) is 6.69. The summed E-state index contributed by atoms with van der Waals surface area (Å²) in [6.07, 6.45) is 7.04. The highest BCUT2D eigenvalue weighted by Gasteiger charge is 2.48. The van der Waals surface area contributed by atoms with E-state index in [4.69, 9.17) is 0 Å². The normalized spacial score (nSPS) is 21.5. The van der Waals surface area contributed by atoms with Crippen LogP contribution in [0.3, 0.4) is 0 Å². The van der Waals surface area contributed by atoms with E-state index in [1.807, 2.05) is 30.3 Å². The number of aliphatic carboxylic acids is 1. The summed E-state index contributed by atoms with van der Waals surface area (Å²) >= 11 is 0. The quantitative estimate of drug-likeness (QED) is 0.586. The molecule has 4 rings (SSSR count). The minimum absolute atomic E-state index is 0.0138. The lowest BCUT2D eigenvalue weighted by Gasteiger charge is -2.28. The standard InChI is InChI=1S/C24H30N4O4/c1-28-21(23(30)25-13-15-8-4-2-5-9-15)19(14-26-28)17-12-18(17)22(29)27-20(24(31)32)16-10-6-3-7-11-16/h2,4-5,8-9,14,16-18,20H,3,6-7,10-13H2,1H3,(H,25,30)(H,27,29)(H,31,32)/t17-,18?,20+/m1/s1. The summed E-state index contributed by atoms with van der Waals surface area (Å²) in [5, 5.41) is 19.6. The van der Waals surface area contributed by atoms with Crippen LogP contribution in [0.5, 0.6) is 0 Å². The van der Waals surface area contributed by atoms with Crippen molar-refractivity contribution < 1.29 is 19.5 Å². The Morgan fingerprint density at radius 2 is 1.88 bits per heavy atom. The zero-order chi connectivity index (χ0) is 22.7. The van der Waals surface area contributed by atoms with Gasteiger partial charge in [0.2, 0.25) is 5.91 Å². The Hall–Kier alpha value is -3.16. The molecule has 0 spiro atoms. The van der Waals surface area contributed by atoms with Crippen molar-refractivity contribution in [3.8, 4) is 0 Å². The second kappa shape index (κ2) is 9.54. The van der Waals surface area contributed by atoms with Gasteiger partial charge in [-0.15, -0.1) is 0 Å². The van der Waals surface area contributed by atoms with Gasteiger partial charge in [-0.1, -0.05) is 49.6 Å². The lowest BCUT2D eigenvalue weighted by molar-refractivity contribution is -0.144. The lowest BCUT2D eigenvalue weighted by Crippen LogP contribution is -2.47. The van der Waals surface area contributed by atoms with Crippen molar-refractivity contribution in [2.24, 2.45) is 18.9 Å². The molecule has 0 saturated heterocycles. The van der Waals surface area contributed by atoms with Gasteiger partial charge in [0.15, 0.2) is 0 Å². The van der Waals surface area contributed by atoms with E-state index in [1.165, 1.54) is 4.68 Å². The fraction of sp³-hybridized carbons (Fsp3) is 0.500. The van der Waals surface area contributed by atoms with Crippen molar-refractivity contribution in [3.05, 3.63) is 53.3 Å². The number of carboxylic acid groups (broad SMARTS) is 1. The molecule has 3 N–H and O–H groups in total. The van der Waals surface area contributed by atoms with Crippen molar-refractivity contribution in [2.75, 3.05) is 0 Å². The fourth-order valence-electron chi connectivity index (χ4n) is 4.80. The van der Waals surface area contributed by atoms with Crippen molar-refractivity contribution in [1.29, 1.82) is 0 Å². The molecule has 2 saturated carbocycles. The minimum atomic E-state index is -0.968. The van der Waals surface area contributed by atoms with Gasteiger partial charge in [0.25, 0.3) is 5.91 Å². The van der Waals surface area contributed by atoms with Crippen molar-refractivity contribution in [2.45, 2.75) is 57.0 Å². The molecule has 2 aromatic rings. The summed E-state index contributed by atoms with van der Waals surface area (Å²) < 4.78 is 1.53. The molecular weight excluding hydrogens is 408 g/mol. The van der Waals surface area contributed by atoms with Crippen LogP contribution in [0.25, 0.3) is 0 Å². The van der Waals surface area contributed by atoms with Gasteiger partial charge in [0.05, 0.1) is 6.20 Å². The summed E-state index contributed by atoms with van der Waals surface area (Å²) in [6.45, 7) is 0.403. The minimum Gasteiger partial charge on any atom is -0.480 e. The van der Waals surface area contributed by atoms with Gasteiger partial charge >= 0.3 is 5.97 Å². The molecule has 0 radical (unpaired) electrons. The molecule has 8 heteroatoms. The number of nitrogens with zero attached hydrogens (tertiary/aromatic N) is 2. The predicted octanol–water partition coefficient (Wildman–Crippen LogP) is 2.60. The zero-order valence-corrected chi connectivity index (χ0v) is 18.3. The molecule has 2 amide bonds. The maximum Gasteiger partial charge on any atom is 0.326 e. The summed E-state index contributed by atoms with van der Waals surface area (Å²) in [5.74, 6) is -1.91. The van der Waals surface area contributed by atoms with Crippen molar-refractivity contribution >= 4 is 17.8 Å². The maximum absolute atomic E-state index is 12.9. The monoisotopic (exact) mass is 438 g/mol. The Kier molecular flexibility index (Phi) is 6.58. The second-order valence-electron chi connectivity index (χ2n) is 8.91. The molecule has 0 bridgehead atoms. The number of aryl methyl sites for hydroxylation is 1. The van der Waals surface area contributed by atoms with E-state index in [0.29, 0.717) is 18.7 Å². The van der Waals surface area contributed by atoms with Crippen molar-refractivity contribution in [1.82, 2.24) is 20.4 Å². The fourth-order valence-corrected chi connectivity index (χ4v) is 4.80. The first-order valence-electron chi connectivity index (χ1n) is 11.3.